The Morgan fingerprint density at radius 2 is 1.92 bits per heavy atom. The van der Waals surface area contributed by atoms with Gasteiger partial charge in [-0.05, 0) is 6.42 Å². The molecular weight excluding hydrogens is 166 g/mol. The van der Waals surface area contributed by atoms with Crippen LogP contribution in [0.4, 0.5) is 0 Å². The summed E-state index contributed by atoms with van der Waals surface area (Å²) in [7, 11) is 0. The fourth-order valence-corrected chi connectivity index (χ4v) is 0.850. The molecule has 1 atom stereocenters. The smallest absolute Gasteiger partial charge is 0.285 e. The number of Topliss-reactive ketones (excluding diaryl/α,β-unsaturated/α-hetero) is 1. The lowest BCUT2D eigenvalue weighted by atomic mass is 9.98. The number of allylic oxidation sites excluding steroid dienone is 1. The fraction of sp³-hybridized carbons (Fsp3) is 0.600. The van der Waals surface area contributed by atoms with Gasteiger partial charge < -0.3 is 5.73 Å². The lowest BCUT2D eigenvalue weighted by Gasteiger charge is -2.05. The van der Waals surface area contributed by atoms with Crippen LogP contribution in [-0.4, -0.2) is 11.7 Å². The van der Waals surface area contributed by atoms with Crippen molar-refractivity contribution in [3.63, 3.8) is 0 Å². The summed E-state index contributed by atoms with van der Waals surface area (Å²) in [4.78, 5) is 21.3. The molecule has 13 heavy (non-hydrogen) atoms. The van der Waals surface area contributed by atoms with Crippen molar-refractivity contribution in [3.8, 4) is 0 Å². The van der Waals surface area contributed by atoms with E-state index in [1.165, 1.54) is 6.08 Å². The van der Waals surface area contributed by atoms with Crippen LogP contribution in [0.25, 0.3) is 0 Å². The quantitative estimate of drug-likeness (QED) is 0.523. The molecule has 0 bridgehead atoms. The van der Waals surface area contributed by atoms with Crippen molar-refractivity contribution in [2.75, 3.05) is 0 Å². The third-order valence-corrected chi connectivity index (χ3v) is 1.46. The van der Waals surface area contributed by atoms with Gasteiger partial charge in [0, 0.05) is 5.92 Å². The second kappa shape index (κ2) is 8.97. The summed E-state index contributed by atoms with van der Waals surface area (Å²) < 4.78 is 0. The summed E-state index contributed by atoms with van der Waals surface area (Å²) in [6, 6.07) is 0. The molecule has 0 aliphatic carbocycles. The van der Waals surface area contributed by atoms with Crippen LogP contribution in [0.15, 0.2) is 12.7 Å². The molecule has 0 aromatic rings. The van der Waals surface area contributed by atoms with Crippen LogP contribution in [0.5, 0.6) is 0 Å². The number of rotatable bonds is 5. The zero-order valence-electron chi connectivity index (χ0n) is 8.67. The van der Waals surface area contributed by atoms with Crippen LogP contribution in [-0.2, 0) is 9.59 Å². The average molecular weight is 185 g/mol. The molecular formula is C10H19NO2. The van der Waals surface area contributed by atoms with Crippen molar-refractivity contribution in [2.24, 2.45) is 11.7 Å². The van der Waals surface area contributed by atoms with Gasteiger partial charge in [-0.25, -0.2) is 0 Å². The second-order valence-electron chi connectivity index (χ2n) is 2.36. The van der Waals surface area contributed by atoms with Gasteiger partial charge in [0.05, 0.1) is 0 Å². The van der Waals surface area contributed by atoms with E-state index in [0.29, 0.717) is 6.42 Å². The Bertz CT molecular complexity index is 176. The Hall–Kier alpha value is -1.12. The van der Waals surface area contributed by atoms with E-state index in [9.17, 15) is 9.59 Å². The van der Waals surface area contributed by atoms with E-state index >= 15 is 0 Å². The molecule has 0 radical (unpaired) electrons. The molecule has 1 amide bonds. The maximum atomic E-state index is 10.9. The third-order valence-electron chi connectivity index (χ3n) is 1.46. The third kappa shape index (κ3) is 6.08. The minimum absolute atomic E-state index is 0.391. The molecule has 0 heterocycles. The predicted octanol–water partition coefficient (Wildman–Crippen LogP) is 1.67. The highest BCUT2D eigenvalue weighted by atomic mass is 16.2. The fourth-order valence-electron chi connectivity index (χ4n) is 0.850. The summed E-state index contributed by atoms with van der Waals surface area (Å²) in [6.45, 7) is 9.39. The van der Waals surface area contributed by atoms with Crippen molar-refractivity contribution >= 4 is 11.7 Å². The monoisotopic (exact) mass is 185 g/mol. The lowest BCUT2D eigenvalue weighted by molar-refractivity contribution is -0.137. The Morgan fingerprint density at radius 1 is 1.46 bits per heavy atom. The number of carbonyl (C=O) groups excluding carboxylic acids is 2. The highest BCUT2D eigenvalue weighted by Crippen LogP contribution is 2.07. The number of nitrogens with two attached hydrogens (primary N) is 1. The van der Waals surface area contributed by atoms with Gasteiger partial charge in [0.1, 0.15) is 0 Å². The van der Waals surface area contributed by atoms with E-state index in [-0.39, 0.29) is 0 Å². The zero-order valence-corrected chi connectivity index (χ0v) is 8.67. The Balaban J connectivity index is 0. The average Bonchev–Trinajstić information content (AvgIpc) is 2.16. The predicted molar refractivity (Wildman–Crippen MR) is 54.1 cm³/mol. The first-order chi connectivity index (χ1) is 6.13. The van der Waals surface area contributed by atoms with Gasteiger partial charge in [-0.2, -0.15) is 0 Å². The number of hydrogen-bond acceptors (Lipinski definition) is 2. The van der Waals surface area contributed by atoms with Gasteiger partial charge >= 0.3 is 0 Å². The molecule has 0 aliphatic rings. The largest absolute Gasteiger partial charge is 0.363 e. The van der Waals surface area contributed by atoms with Crippen molar-refractivity contribution in [3.05, 3.63) is 12.7 Å². The summed E-state index contributed by atoms with van der Waals surface area (Å²) in [6.07, 6.45) is 2.96. The summed E-state index contributed by atoms with van der Waals surface area (Å²) in [5.74, 6) is -1.80. The molecule has 0 aliphatic heterocycles. The van der Waals surface area contributed by atoms with E-state index in [1.54, 1.807) is 0 Å². The van der Waals surface area contributed by atoms with Gasteiger partial charge in [0.25, 0.3) is 5.91 Å². The molecule has 76 valence electrons. The molecule has 0 aromatic heterocycles. The minimum atomic E-state index is -0.872. The molecule has 0 fully saturated rings. The van der Waals surface area contributed by atoms with E-state index in [0.717, 1.165) is 6.42 Å². The minimum Gasteiger partial charge on any atom is -0.363 e. The number of carbonyl (C=O) groups is 2. The second-order valence-corrected chi connectivity index (χ2v) is 2.36. The summed E-state index contributed by atoms with van der Waals surface area (Å²) in [5.41, 5.74) is 4.81. The molecule has 0 saturated heterocycles. The highest BCUT2D eigenvalue weighted by Gasteiger charge is 2.18. The Morgan fingerprint density at radius 3 is 2.15 bits per heavy atom. The van der Waals surface area contributed by atoms with E-state index in [2.05, 4.69) is 6.58 Å². The molecule has 0 aromatic carbocycles. The van der Waals surface area contributed by atoms with Crippen LogP contribution < -0.4 is 5.73 Å². The Kier molecular flexibility index (Phi) is 9.94. The van der Waals surface area contributed by atoms with Crippen LogP contribution in [0, 0.1) is 5.92 Å². The molecule has 2 N–H and O–H groups in total. The van der Waals surface area contributed by atoms with Gasteiger partial charge in [-0.3, -0.25) is 9.59 Å². The van der Waals surface area contributed by atoms with Gasteiger partial charge in [-0.1, -0.05) is 33.3 Å². The van der Waals surface area contributed by atoms with Crippen LogP contribution in [0.3, 0.4) is 0 Å². The van der Waals surface area contributed by atoms with E-state index < -0.39 is 17.6 Å². The number of amides is 1. The molecule has 3 heteroatoms. The normalized spacial score (nSPS) is 10.7. The van der Waals surface area contributed by atoms with Crippen molar-refractivity contribution in [1.82, 2.24) is 0 Å². The maximum Gasteiger partial charge on any atom is 0.285 e. The van der Waals surface area contributed by atoms with Crippen LogP contribution in [0.2, 0.25) is 0 Å². The first-order valence-corrected chi connectivity index (χ1v) is 4.59. The summed E-state index contributed by atoms with van der Waals surface area (Å²) in [5, 5.41) is 0. The van der Waals surface area contributed by atoms with Crippen LogP contribution in [0.1, 0.15) is 33.6 Å². The number of primary amides is 1. The maximum absolute atomic E-state index is 10.9. The number of ketones is 1. The van der Waals surface area contributed by atoms with Crippen molar-refractivity contribution in [2.45, 2.75) is 33.6 Å². The van der Waals surface area contributed by atoms with Gasteiger partial charge in [0.2, 0.25) is 5.78 Å². The standard InChI is InChI=1S/C8H13NO2.C2H6/c1-3-5-6(4-2)7(10)8(9)11;1-2/h4,6H,2-3,5H2,1H3,(H2,9,11);1-2H3. The first-order valence-electron chi connectivity index (χ1n) is 4.59. The molecule has 0 spiro atoms. The Labute approximate surface area is 80.0 Å². The van der Waals surface area contributed by atoms with Gasteiger partial charge in [0.15, 0.2) is 0 Å². The molecule has 1 unspecified atom stereocenters. The SMILES string of the molecule is C=CC(CCC)C(=O)C(N)=O.CC. The molecule has 3 nitrogen and oxygen atoms in total. The van der Waals surface area contributed by atoms with Crippen molar-refractivity contribution in [1.29, 1.82) is 0 Å². The van der Waals surface area contributed by atoms with E-state index in [1.807, 2.05) is 20.8 Å². The van der Waals surface area contributed by atoms with Gasteiger partial charge in [-0.15, -0.1) is 6.58 Å². The summed E-state index contributed by atoms with van der Waals surface area (Å²) >= 11 is 0. The molecule has 0 saturated carbocycles. The van der Waals surface area contributed by atoms with Crippen LogP contribution >= 0.6 is 0 Å². The van der Waals surface area contributed by atoms with E-state index in [4.69, 9.17) is 5.73 Å². The highest BCUT2D eigenvalue weighted by molar-refractivity contribution is 6.36. The van der Waals surface area contributed by atoms with Crippen molar-refractivity contribution < 1.29 is 9.59 Å². The lowest BCUT2D eigenvalue weighted by Crippen LogP contribution is -2.28. The molecule has 0 rings (SSSR count). The zero-order chi connectivity index (χ0) is 10.9. The first kappa shape index (κ1) is 14.4. The number of hydrogen-bond donors (Lipinski definition) is 1. The topological polar surface area (TPSA) is 60.2 Å².